The van der Waals surface area contributed by atoms with Gasteiger partial charge in [-0.15, -0.1) is 0 Å². The fourth-order valence-electron chi connectivity index (χ4n) is 3.84. The molecule has 0 radical (unpaired) electrons. The highest BCUT2D eigenvalue weighted by Gasteiger charge is 2.29. The molecule has 1 saturated heterocycles. The summed E-state index contributed by atoms with van der Waals surface area (Å²) in [6, 6.07) is 7.57. The van der Waals surface area contributed by atoms with Crippen LogP contribution in [0.5, 0.6) is 0 Å². The van der Waals surface area contributed by atoms with E-state index in [0.29, 0.717) is 44.2 Å². The molecule has 2 N–H and O–H groups in total. The molecule has 2 aliphatic heterocycles. The zero-order chi connectivity index (χ0) is 22.2. The molecule has 170 valence electrons. The average Bonchev–Trinajstić information content (AvgIpc) is 3.19. The molecule has 3 rings (SSSR count). The number of nitrogens with one attached hydrogen (secondary N) is 1. The van der Waals surface area contributed by atoms with Gasteiger partial charge in [0.2, 0.25) is 12.2 Å². The van der Waals surface area contributed by atoms with Crippen molar-refractivity contribution in [2.75, 3.05) is 19.6 Å². The number of nitrogens with zero attached hydrogens (tertiary/aromatic N) is 1. The number of carbonyl (C=O) groups is 2. The average molecular weight is 431 g/mol. The second-order valence-corrected chi connectivity index (χ2v) is 8.60. The van der Waals surface area contributed by atoms with Crippen LogP contribution in [0.25, 0.3) is 0 Å². The van der Waals surface area contributed by atoms with E-state index in [1.165, 1.54) is 0 Å². The summed E-state index contributed by atoms with van der Waals surface area (Å²) in [7, 11) is 0. The number of allylic oxidation sites excluding steroid dienone is 1. The lowest BCUT2D eigenvalue weighted by molar-refractivity contribution is -0.154. The number of ether oxygens (including phenoxy) is 2. The lowest BCUT2D eigenvalue weighted by Gasteiger charge is -2.31. The van der Waals surface area contributed by atoms with E-state index in [1.54, 1.807) is 0 Å². The van der Waals surface area contributed by atoms with Crippen LogP contribution in [0, 0.1) is 11.8 Å². The molecule has 1 aromatic carbocycles. The summed E-state index contributed by atoms with van der Waals surface area (Å²) < 4.78 is 11.8. The number of rotatable bonds is 10. The molecule has 0 bridgehead atoms. The maximum Gasteiger partial charge on any atom is 0.286 e. The van der Waals surface area contributed by atoms with E-state index in [9.17, 15) is 9.59 Å². The minimum absolute atomic E-state index is 0.0144. The SMILES string of the molecule is CC(C)C1C=C(C(=O)NCCCN2CCCC2=O)OC(OCc2ccc(CO)cc2)C1. The van der Waals surface area contributed by atoms with Crippen molar-refractivity contribution in [2.24, 2.45) is 11.8 Å². The maximum atomic E-state index is 12.7. The third-order valence-corrected chi connectivity index (χ3v) is 5.87. The highest BCUT2D eigenvalue weighted by molar-refractivity contribution is 5.91. The number of hydrogen-bond acceptors (Lipinski definition) is 5. The van der Waals surface area contributed by atoms with Crippen molar-refractivity contribution >= 4 is 11.8 Å². The smallest absolute Gasteiger partial charge is 0.286 e. The lowest BCUT2D eigenvalue weighted by atomic mass is 9.90. The molecule has 0 saturated carbocycles. The molecule has 2 unspecified atom stereocenters. The van der Waals surface area contributed by atoms with E-state index in [1.807, 2.05) is 35.2 Å². The zero-order valence-electron chi connectivity index (χ0n) is 18.5. The Hall–Kier alpha value is -2.38. The second-order valence-electron chi connectivity index (χ2n) is 8.60. The summed E-state index contributed by atoms with van der Waals surface area (Å²) in [5, 5.41) is 12.1. The van der Waals surface area contributed by atoms with Crippen LogP contribution in [0.3, 0.4) is 0 Å². The predicted molar refractivity (Wildman–Crippen MR) is 116 cm³/mol. The highest BCUT2D eigenvalue weighted by atomic mass is 16.7. The number of aliphatic hydroxyl groups excluding tert-OH is 1. The van der Waals surface area contributed by atoms with Crippen LogP contribution >= 0.6 is 0 Å². The third kappa shape index (κ3) is 6.80. The molecule has 1 fully saturated rings. The summed E-state index contributed by atoms with van der Waals surface area (Å²) in [6.45, 7) is 6.63. The molecule has 0 spiro atoms. The van der Waals surface area contributed by atoms with Crippen molar-refractivity contribution < 1.29 is 24.2 Å². The zero-order valence-corrected chi connectivity index (χ0v) is 18.5. The van der Waals surface area contributed by atoms with Crippen molar-refractivity contribution in [3.8, 4) is 0 Å². The van der Waals surface area contributed by atoms with Gasteiger partial charge in [-0.3, -0.25) is 9.59 Å². The summed E-state index contributed by atoms with van der Waals surface area (Å²) in [4.78, 5) is 26.2. The van der Waals surface area contributed by atoms with Crippen molar-refractivity contribution in [1.82, 2.24) is 10.2 Å². The fourth-order valence-corrected chi connectivity index (χ4v) is 3.84. The van der Waals surface area contributed by atoms with Crippen LogP contribution in [0.2, 0.25) is 0 Å². The summed E-state index contributed by atoms with van der Waals surface area (Å²) >= 11 is 0. The summed E-state index contributed by atoms with van der Waals surface area (Å²) in [6.07, 6.45) is 4.40. The van der Waals surface area contributed by atoms with Crippen molar-refractivity contribution in [2.45, 2.75) is 59.0 Å². The Bertz CT molecular complexity index is 775. The van der Waals surface area contributed by atoms with Crippen LogP contribution in [-0.4, -0.2) is 47.7 Å². The van der Waals surface area contributed by atoms with E-state index in [0.717, 1.165) is 30.5 Å². The van der Waals surface area contributed by atoms with E-state index in [-0.39, 0.29) is 24.3 Å². The van der Waals surface area contributed by atoms with Gasteiger partial charge in [0.15, 0.2) is 5.76 Å². The number of amides is 2. The van der Waals surface area contributed by atoms with Crippen LogP contribution in [0.4, 0.5) is 0 Å². The van der Waals surface area contributed by atoms with E-state index in [2.05, 4.69) is 19.2 Å². The van der Waals surface area contributed by atoms with Crippen LogP contribution < -0.4 is 5.32 Å². The number of aliphatic hydroxyl groups is 1. The first-order valence-corrected chi connectivity index (χ1v) is 11.2. The first-order valence-electron chi connectivity index (χ1n) is 11.2. The Kier molecular flexibility index (Phi) is 8.49. The van der Waals surface area contributed by atoms with Gasteiger partial charge in [0.1, 0.15) is 0 Å². The van der Waals surface area contributed by atoms with Crippen LogP contribution in [-0.2, 0) is 32.3 Å². The van der Waals surface area contributed by atoms with E-state index < -0.39 is 6.29 Å². The predicted octanol–water partition coefficient (Wildman–Crippen LogP) is 2.73. The minimum Gasteiger partial charge on any atom is -0.459 e. The van der Waals surface area contributed by atoms with Gasteiger partial charge in [-0.05, 0) is 41.9 Å². The number of carbonyl (C=O) groups excluding carboxylic acids is 2. The lowest BCUT2D eigenvalue weighted by Crippen LogP contribution is -2.35. The van der Waals surface area contributed by atoms with Gasteiger partial charge in [0.25, 0.3) is 5.91 Å². The van der Waals surface area contributed by atoms with Gasteiger partial charge < -0.3 is 24.8 Å². The van der Waals surface area contributed by atoms with E-state index in [4.69, 9.17) is 14.6 Å². The van der Waals surface area contributed by atoms with Gasteiger partial charge in [-0.25, -0.2) is 0 Å². The molecule has 2 atom stereocenters. The highest BCUT2D eigenvalue weighted by Crippen LogP contribution is 2.29. The third-order valence-electron chi connectivity index (χ3n) is 5.87. The van der Waals surface area contributed by atoms with Gasteiger partial charge in [0, 0.05) is 32.5 Å². The monoisotopic (exact) mass is 430 g/mol. The number of hydrogen-bond donors (Lipinski definition) is 2. The minimum atomic E-state index is -0.488. The molecule has 2 aliphatic rings. The molecule has 7 heteroatoms. The maximum absolute atomic E-state index is 12.7. The normalized spacial score (nSPS) is 21.2. The molecule has 0 aliphatic carbocycles. The largest absolute Gasteiger partial charge is 0.459 e. The Morgan fingerprint density at radius 3 is 2.68 bits per heavy atom. The first-order chi connectivity index (χ1) is 15.0. The van der Waals surface area contributed by atoms with Gasteiger partial charge in [-0.1, -0.05) is 38.1 Å². The Labute approximate surface area is 184 Å². The van der Waals surface area contributed by atoms with Crippen molar-refractivity contribution in [3.05, 3.63) is 47.2 Å². The first kappa shape index (κ1) is 23.3. The topological polar surface area (TPSA) is 88.1 Å². The molecule has 2 heterocycles. The fraction of sp³-hybridized carbons (Fsp3) is 0.583. The molecule has 2 amide bonds. The van der Waals surface area contributed by atoms with E-state index >= 15 is 0 Å². The number of likely N-dealkylation sites (tertiary alicyclic amines) is 1. The Morgan fingerprint density at radius 1 is 1.29 bits per heavy atom. The molecular formula is C24H34N2O5. The van der Waals surface area contributed by atoms with Crippen molar-refractivity contribution in [1.29, 1.82) is 0 Å². The van der Waals surface area contributed by atoms with Gasteiger partial charge >= 0.3 is 0 Å². The quantitative estimate of drug-likeness (QED) is 0.557. The molecule has 0 aromatic heterocycles. The molecule has 7 nitrogen and oxygen atoms in total. The van der Waals surface area contributed by atoms with Crippen LogP contribution in [0.15, 0.2) is 36.1 Å². The second kappa shape index (κ2) is 11.3. The molecular weight excluding hydrogens is 396 g/mol. The Balaban J connectivity index is 1.49. The molecule has 1 aromatic rings. The van der Waals surface area contributed by atoms with Gasteiger partial charge in [-0.2, -0.15) is 0 Å². The number of benzene rings is 1. The summed E-state index contributed by atoms with van der Waals surface area (Å²) in [5.41, 5.74) is 1.84. The Morgan fingerprint density at radius 2 is 2.03 bits per heavy atom. The summed E-state index contributed by atoms with van der Waals surface area (Å²) in [5.74, 6) is 0.832. The van der Waals surface area contributed by atoms with Crippen LogP contribution in [0.1, 0.15) is 50.7 Å². The molecule has 31 heavy (non-hydrogen) atoms. The standard InChI is InChI=1S/C24H34N2O5/c1-17(2)20-13-21(24(29)25-10-4-12-26-11-3-5-22(26)28)31-23(14-20)30-16-19-8-6-18(15-27)7-9-19/h6-9,13,17,20,23,27H,3-5,10-12,14-16H2,1-2H3,(H,25,29). The van der Waals surface area contributed by atoms with Gasteiger partial charge in [0.05, 0.1) is 13.2 Å². The van der Waals surface area contributed by atoms with Crippen molar-refractivity contribution in [3.63, 3.8) is 0 Å².